The second kappa shape index (κ2) is 5.26. The number of aliphatic hydroxyl groups is 1. The zero-order valence-corrected chi connectivity index (χ0v) is 12.2. The van der Waals surface area contributed by atoms with E-state index < -0.39 is 0 Å². The Morgan fingerprint density at radius 3 is 2.45 bits per heavy atom. The lowest BCUT2D eigenvalue weighted by molar-refractivity contribution is 0.218. The molecule has 4 nitrogen and oxygen atoms in total. The summed E-state index contributed by atoms with van der Waals surface area (Å²) in [6, 6.07) is 4.15. The fraction of sp³-hybridized carbons (Fsp3) is 0.625. The minimum atomic E-state index is -0.00367. The van der Waals surface area contributed by atoms with Gasteiger partial charge < -0.3 is 19.9 Å². The van der Waals surface area contributed by atoms with Crippen LogP contribution in [0.15, 0.2) is 12.1 Å². The molecule has 0 amide bonds. The van der Waals surface area contributed by atoms with Crippen LogP contribution in [0, 0.1) is 0 Å². The quantitative estimate of drug-likeness (QED) is 0.889. The van der Waals surface area contributed by atoms with Crippen LogP contribution in [0.25, 0.3) is 0 Å². The van der Waals surface area contributed by atoms with E-state index in [0.717, 1.165) is 18.0 Å². The van der Waals surface area contributed by atoms with E-state index in [-0.39, 0.29) is 18.1 Å². The van der Waals surface area contributed by atoms with E-state index >= 15 is 0 Å². The van der Waals surface area contributed by atoms with Gasteiger partial charge in [0, 0.05) is 12.0 Å². The lowest BCUT2D eigenvalue weighted by Gasteiger charge is -2.40. The van der Waals surface area contributed by atoms with Crippen LogP contribution in [0.2, 0.25) is 0 Å². The van der Waals surface area contributed by atoms with Gasteiger partial charge in [-0.3, -0.25) is 0 Å². The Bertz CT molecular complexity index is 495. The maximum absolute atomic E-state index is 9.62. The van der Waals surface area contributed by atoms with Gasteiger partial charge in [0.25, 0.3) is 0 Å². The van der Waals surface area contributed by atoms with Gasteiger partial charge in [0.1, 0.15) is 0 Å². The van der Waals surface area contributed by atoms with Crippen molar-refractivity contribution in [2.45, 2.75) is 37.1 Å². The van der Waals surface area contributed by atoms with Crippen LogP contribution in [0.5, 0.6) is 11.5 Å². The molecule has 1 aliphatic heterocycles. The van der Waals surface area contributed by atoms with E-state index in [4.69, 9.17) is 9.47 Å². The molecule has 1 heterocycles. The van der Waals surface area contributed by atoms with Gasteiger partial charge in [-0.1, -0.05) is 12.8 Å². The van der Waals surface area contributed by atoms with Crippen molar-refractivity contribution < 1.29 is 14.6 Å². The summed E-state index contributed by atoms with van der Waals surface area (Å²) in [6.45, 7) is 1.05. The van der Waals surface area contributed by atoms with Gasteiger partial charge in [-0.25, -0.2) is 0 Å². The molecule has 1 aliphatic carbocycles. The molecule has 2 aliphatic rings. The molecule has 1 aromatic carbocycles. The first kappa shape index (κ1) is 13.7. The van der Waals surface area contributed by atoms with E-state index in [1.807, 2.05) is 6.07 Å². The Hall–Kier alpha value is -1.26. The molecule has 2 N–H and O–H groups in total. The molecule has 0 aromatic heterocycles. The summed E-state index contributed by atoms with van der Waals surface area (Å²) in [7, 11) is 3.33. The van der Waals surface area contributed by atoms with Crippen LogP contribution in [0.3, 0.4) is 0 Å². The smallest absolute Gasteiger partial charge is 0.161 e. The summed E-state index contributed by atoms with van der Waals surface area (Å²) < 4.78 is 10.9. The Morgan fingerprint density at radius 1 is 1.20 bits per heavy atom. The second-order valence-corrected chi connectivity index (χ2v) is 5.90. The van der Waals surface area contributed by atoms with E-state index in [1.54, 1.807) is 14.2 Å². The summed E-state index contributed by atoms with van der Waals surface area (Å²) in [4.78, 5) is 0. The number of hydrogen-bond acceptors (Lipinski definition) is 4. The largest absolute Gasteiger partial charge is 0.493 e. The fourth-order valence-electron chi connectivity index (χ4n) is 3.83. The number of benzene rings is 1. The van der Waals surface area contributed by atoms with Gasteiger partial charge in [0.05, 0.1) is 26.9 Å². The minimum Gasteiger partial charge on any atom is -0.493 e. The van der Waals surface area contributed by atoms with Crippen LogP contribution >= 0.6 is 0 Å². The zero-order valence-electron chi connectivity index (χ0n) is 12.2. The number of fused-ring (bicyclic) bond motifs is 2. The Labute approximate surface area is 120 Å². The third kappa shape index (κ3) is 1.98. The monoisotopic (exact) mass is 277 g/mol. The average molecular weight is 277 g/mol. The topological polar surface area (TPSA) is 50.7 Å². The highest BCUT2D eigenvalue weighted by Gasteiger charge is 2.42. The normalized spacial score (nSPS) is 23.6. The Morgan fingerprint density at radius 2 is 1.85 bits per heavy atom. The van der Waals surface area contributed by atoms with Gasteiger partial charge in [0.15, 0.2) is 11.5 Å². The number of rotatable bonds is 3. The third-order valence-corrected chi connectivity index (χ3v) is 4.93. The molecule has 1 unspecified atom stereocenters. The lowest BCUT2D eigenvalue weighted by Crippen LogP contribution is -2.45. The third-order valence-electron chi connectivity index (χ3n) is 4.93. The number of methoxy groups -OCH3 is 2. The van der Waals surface area contributed by atoms with Crippen molar-refractivity contribution in [3.8, 4) is 11.5 Å². The molecule has 0 radical (unpaired) electrons. The molecule has 3 rings (SSSR count). The summed E-state index contributed by atoms with van der Waals surface area (Å²) in [5.74, 6) is 1.53. The highest BCUT2D eigenvalue weighted by atomic mass is 16.5. The summed E-state index contributed by atoms with van der Waals surface area (Å²) in [6.07, 6.45) is 4.97. The maximum atomic E-state index is 9.62. The molecule has 20 heavy (non-hydrogen) atoms. The van der Waals surface area contributed by atoms with Gasteiger partial charge in [-0.2, -0.15) is 0 Å². The van der Waals surface area contributed by atoms with Crippen LogP contribution in [-0.2, 0) is 5.41 Å². The van der Waals surface area contributed by atoms with Crippen LogP contribution in [0.1, 0.15) is 42.9 Å². The van der Waals surface area contributed by atoms with Gasteiger partial charge in [-0.15, -0.1) is 0 Å². The molecule has 1 saturated carbocycles. The summed E-state index contributed by atoms with van der Waals surface area (Å²) in [5.41, 5.74) is 2.71. The van der Waals surface area contributed by atoms with Crippen molar-refractivity contribution in [1.82, 2.24) is 5.32 Å². The Kier molecular flexibility index (Phi) is 3.61. The highest BCUT2D eigenvalue weighted by molar-refractivity contribution is 5.52. The fourth-order valence-corrected chi connectivity index (χ4v) is 3.83. The first-order chi connectivity index (χ1) is 9.74. The van der Waals surface area contributed by atoms with Gasteiger partial charge in [-0.05, 0) is 36.1 Å². The minimum absolute atomic E-state index is 0.00367. The summed E-state index contributed by atoms with van der Waals surface area (Å²) in [5, 5.41) is 13.1. The van der Waals surface area contributed by atoms with Crippen molar-refractivity contribution in [2.75, 3.05) is 27.4 Å². The number of hydrogen-bond donors (Lipinski definition) is 2. The van der Waals surface area contributed by atoms with Crippen molar-refractivity contribution in [3.63, 3.8) is 0 Å². The standard InChI is InChI=1S/C16H23NO3/c1-19-14-7-11-12(8-15(14)20-2)16(5-3-4-6-16)10-17-13(11)9-18/h7-8,13,17-18H,3-6,9-10H2,1-2H3. The predicted molar refractivity (Wildman–Crippen MR) is 77.5 cm³/mol. The molecule has 4 heteroatoms. The molecule has 0 saturated heterocycles. The molecule has 1 spiro atoms. The van der Waals surface area contributed by atoms with Gasteiger partial charge >= 0.3 is 0 Å². The molecular formula is C16H23NO3. The molecule has 1 fully saturated rings. The SMILES string of the molecule is COc1cc2c(cc1OC)C1(CCCC1)CNC2CO. The van der Waals surface area contributed by atoms with Gasteiger partial charge in [0.2, 0.25) is 0 Å². The zero-order chi connectivity index (χ0) is 14.2. The van der Waals surface area contributed by atoms with Crippen molar-refractivity contribution >= 4 is 0 Å². The molecule has 1 aromatic rings. The number of aliphatic hydroxyl groups excluding tert-OH is 1. The first-order valence-corrected chi connectivity index (χ1v) is 7.35. The van der Waals surface area contributed by atoms with Crippen LogP contribution in [-0.4, -0.2) is 32.5 Å². The maximum Gasteiger partial charge on any atom is 0.161 e. The molecule has 0 bridgehead atoms. The molecular weight excluding hydrogens is 254 g/mol. The van der Waals surface area contributed by atoms with E-state index in [2.05, 4.69) is 11.4 Å². The second-order valence-electron chi connectivity index (χ2n) is 5.90. The highest BCUT2D eigenvalue weighted by Crippen LogP contribution is 2.48. The van der Waals surface area contributed by atoms with Crippen molar-refractivity contribution in [2.24, 2.45) is 0 Å². The van der Waals surface area contributed by atoms with Crippen LogP contribution < -0.4 is 14.8 Å². The number of ether oxygens (including phenoxy) is 2. The Balaban J connectivity index is 2.14. The summed E-state index contributed by atoms with van der Waals surface area (Å²) >= 11 is 0. The van der Waals surface area contributed by atoms with Crippen molar-refractivity contribution in [1.29, 1.82) is 0 Å². The molecule has 1 atom stereocenters. The number of nitrogens with one attached hydrogen (secondary N) is 1. The predicted octanol–water partition coefficient (Wildman–Crippen LogP) is 2.15. The van der Waals surface area contributed by atoms with E-state index in [1.165, 1.54) is 36.8 Å². The van der Waals surface area contributed by atoms with E-state index in [0.29, 0.717) is 0 Å². The average Bonchev–Trinajstić information content (AvgIpc) is 2.96. The van der Waals surface area contributed by atoms with Crippen molar-refractivity contribution in [3.05, 3.63) is 23.3 Å². The molecule has 110 valence electrons. The van der Waals surface area contributed by atoms with Crippen LogP contribution in [0.4, 0.5) is 0 Å². The first-order valence-electron chi connectivity index (χ1n) is 7.35. The lowest BCUT2D eigenvalue weighted by atomic mass is 9.72. The van der Waals surface area contributed by atoms with E-state index in [9.17, 15) is 5.11 Å².